The van der Waals surface area contributed by atoms with Crippen LogP contribution in [0.5, 0.6) is 0 Å². The van der Waals surface area contributed by atoms with Gasteiger partial charge in [0.2, 0.25) is 10.0 Å². The molecule has 0 aliphatic heterocycles. The van der Waals surface area contributed by atoms with Crippen molar-refractivity contribution < 1.29 is 13.3 Å². The quantitative estimate of drug-likeness (QED) is 0.659. The topological polar surface area (TPSA) is 103 Å². The van der Waals surface area contributed by atoms with Crippen molar-refractivity contribution in [3.05, 3.63) is 68.2 Å². The second-order valence-corrected chi connectivity index (χ2v) is 6.75. The summed E-state index contributed by atoms with van der Waals surface area (Å²) in [6.07, 6.45) is 0.217. The lowest BCUT2D eigenvalue weighted by atomic mass is 10.0. The molecule has 8 heteroatoms. The van der Waals surface area contributed by atoms with E-state index in [1.807, 2.05) is 12.1 Å². The van der Waals surface area contributed by atoms with E-state index in [0.29, 0.717) is 5.56 Å². The molecule has 0 bridgehead atoms. The van der Waals surface area contributed by atoms with Crippen LogP contribution in [0.25, 0.3) is 0 Å². The van der Waals surface area contributed by atoms with Crippen LogP contribution in [-0.2, 0) is 16.4 Å². The van der Waals surface area contributed by atoms with E-state index in [2.05, 4.69) is 15.9 Å². The molecule has 2 aromatic carbocycles. The van der Waals surface area contributed by atoms with Crippen LogP contribution < -0.4 is 5.14 Å². The van der Waals surface area contributed by atoms with Crippen molar-refractivity contribution in [2.75, 3.05) is 0 Å². The number of rotatable bonds is 4. The highest BCUT2D eigenvalue weighted by Gasteiger charge is 2.18. The van der Waals surface area contributed by atoms with E-state index >= 15 is 0 Å². The number of benzene rings is 2. The Morgan fingerprint density at radius 3 is 2.38 bits per heavy atom. The van der Waals surface area contributed by atoms with Gasteiger partial charge in [0.25, 0.3) is 5.69 Å². The fraction of sp³-hybridized carbons (Fsp3) is 0.0769. The van der Waals surface area contributed by atoms with Crippen molar-refractivity contribution >= 4 is 31.6 Å². The number of sulfonamides is 1. The molecule has 21 heavy (non-hydrogen) atoms. The monoisotopic (exact) mass is 370 g/mol. The molecule has 0 atom stereocenters. The summed E-state index contributed by atoms with van der Waals surface area (Å²) >= 11 is 3.36. The van der Waals surface area contributed by atoms with E-state index in [1.165, 1.54) is 12.1 Å². The maximum Gasteiger partial charge on any atom is 0.269 e. The number of nitrogens with zero attached hydrogens (tertiary/aromatic N) is 1. The fourth-order valence-corrected chi connectivity index (χ4v) is 3.12. The number of halogens is 1. The lowest BCUT2D eigenvalue weighted by Gasteiger charge is -2.09. The van der Waals surface area contributed by atoms with Gasteiger partial charge in [0, 0.05) is 23.0 Å². The molecule has 0 aliphatic rings. The molecule has 0 fully saturated rings. The molecule has 0 saturated heterocycles. The summed E-state index contributed by atoms with van der Waals surface area (Å²) < 4.78 is 24.0. The molecule has 0 aromatic heterocycles. The lowest BCUT2D eigenvalue weighted by Crippen LogP contribution is -2.15. The van der Waals surface area contributed by atoms with Gasteiger partial charge in [-0.2, -0.15) is 0 Å². The Morgan fingerprint density at radius 2 is 1.81 bits per heavy atom. The van der Waals surface area contributed by atoms with Crippen LogP contribution in [-0.4, -0.2) is 13.3 Å². The van der Waals surface area contributed by atoms with Gasteiger partial charge in [0.05, 0.1) is 9.82 Å². The lowest BCUT2D eigenvalue weighted by molar-refractivity contribution is -0.385. The highest BCUT2D eigenvalue weighted by molar-refractivity contribution is 9.10. The first-order chi connectivity index (χ1) is 9.79. The van der Waals surface area contributed by atoms with E-state index < -0.39 is 14.9 Å². The van der Waals surface area contributed by atoms with E-state index in [1.54, 1.807) is 12.1 Å². The summed E-state index contributed by atoms with van der Waals surface area (Å²) in [5.41, 5.74) is 0.922. The Labute approximate surface area is 129 Å². The Balaban J connectivity index is 2.57. The summed E-state index contributed by atoms with van der Waals surface area (Å²) in [7, 11) is -3.95. The third-order valence-corrected chi connectivity index (χ3v) is 4.69. The van der Waals surface area contributed by atoms with Gasteiger partial charge in [0.15, 0.2) is 0 Å². The highest BCUT2D eigenvalue weighted by atomic mass is 79.9. The number of hydrogen-bond acceptors (Lipinski definition) is 4. The zero-order chi connectivity index (χ0) is 15.6. The maximum atomic E-state index is 11.6. The van der Waals surface area contributed by atoms with Gasteiger partial charge in [0.1, 0.15) is 0 Å². The van der Waals surface area contributed by atoms with Gasteiger partial charge < -0.3 is 0 Å². The van der Waals surface area contributed by atoms with Crippen molar-refractivity contribution in [3.63, 3.8) is 0 Å². The summed E-state index contributed by atoms with van der Waals surface area (Å²) in [5.74, 6) is 0. The first kappa shape index (κ1) is 15.6. The molecule has 6 nitrogen and oxygen atoms in total. The Hall–Kier alpha value is -1.77. The van der Waals surface area contributed by atoms with Crippen molar-refractivity contribution in [1.29, 1.82) is 0 Å². The summed E-state index contributed by atoms with van der Waals surface area (Å²) in [5, 5.41) is 16.0. The second kappa shape index (κ2) is 5.92. The van der Waals surface area contributed by atoms with E-state index in [9.17, 15) is 18.5 Å². The standard InChI is InChI=1S/C13H11BrN2O4S/c14-12-4-2-1-3-9(12)7-10-8-11(16(17)18)5-6-13(10)21(15,19)20/h1-6,8H,7H2,(H2,15,19,20). The largest absolute Gasteiger partial charge is 0.269 e. The van der Waals surface area contributed by atoms with Crippen LogP contribution in [0.1, 0.15) is 11.1 Å². The molecule has 0 saturated carbocycles. The van der Waals surface area contributed by atoms with Crippen LogP contribution in [0, 0.1) is 10.1 Å². The molecule has 0 amide bonds. The van der Waals surface area contributed by atoms with E-state index in [4.69, 9.17) is 5.14 Å². The van der Waals surface area contributed by atoms with Crippen LogP contribution in [0.4, 0.5) is 5.69 Å². The number of nitrogens with two attached hydrogens (primary N) is 1. The summed E-state index contributed by atoms with van der Waals surface area (Å²) in [6, 6.07) is 10.8. The Bertz CT molecular complexity index is 806. The van der Waals surface area contributed by atoms with Gasteiger partial charge in [-0.15, -0.1) is 0 Å². The van der Waals surface area contributed by atoms with Crippen LogP contribution >= 0.6 is 15.9 Å². The highest BCUT2D eigenvalue weighted by Crippen LogP contribution is 2.26. The third-order valence-electron chi connectivity index (χ3n) is 2.90. The van der Waals surface area contributed by atoms with Crippen molar-refractivity contribution in [1.82, 2.24) is 0 Å². The summed E-state index contributed by atoms with van der Waals surface area (Å²) in [6.45, 7) is 0. The maximum absolute atomic E-state index is 11.6. The zero-order valence-corrected chi connectivity index (χ0v) is 13.1. The van der Waals surface area contributed by atoms with Crippen molar-refractivity contribution in [2.45, 2.75) is 11.3 Å². The average Bonchev–Trinajstić information content (AvgIpc) is 2.40. The minimum absolute atomic E-state index is 0.108. The van der Waals surface area contributed by atoms with Crippen molar-refractivity contribution in [2.24, 2.45) is 5.14 Å². The number of primary sulfonamides is 1. The number of nitro benzene ring substituents is 1. The first-order valence-electron chi connectivity index (χ1n) is 5.82. The summed E-state index contributed by atoms with van der Waals surface area (Å²) in [4.78, 5) is 10.2. The minimum atomic E-state index is -3.95. The van der Waals surface area contributed by atoms with Gasteiger partial charge in [-0.1, -0.05) is 34.1 Å². The van der Waals surface area contributed by atoms with Gasteiger partial charge in [-0.05, 0) is 23.3 Å². The van der Waals surface area contributed by atoms with Crippen molar-refractivity contribution in [3.8, 4) is 0 Å². The molecule has 0 unspecified atom stereocenters. The molecule has 0 heterocycles. The molecule has 0 spiro atoms. The molecule has 2 aromatic rings. The minimum Gasteiger partial charge on any atom is -0.258 e. The number of non-ortho nitro benzene ring substituents is 1. The predicted molar refractivity (Wildman–Crippen MR) is 81.4 cm³/mol. The molecule has 2 N–H and O–H groups in total. The molecule has 0 radical (unpaired) electrons. The molecular formula is C13H11BrN2O4S. The van der Waals surface area contributed by atoms with Crippen LogP contribution in [0.3, 0.4) is 0 Å². The van der Waals surface area contributed by atoms with Gasteiger partial charge in [-0.25, -0.2) is 13.6 Å². The average molecular weight is 371 g/mol. The van der Waals surface area contributed by atoms with E-state index in [-0.39, 0.29) is 17.0 Å². The van der Waals surface area contributed by atoms with Crippen LogP contribution in [0.15, 0.2) is 51.8 Å². The molecule has 0 aliphatic carbocycles. The first-order valence-corrected chi connectivity index (χ1v) is 8.16. The van der Waals surface area contributed by atoms with Crippen LogP contribution in [0.2, 0.25) is 0 Å². The smallest absolute Gasteiger partial charge is 0.258 e. The van der Waals surface area contributed by atoms with E-state index in [0.717, 1.165) is 16.1 Å². The second-order valence-electron chi connectivity index (χ2n) is 4.36. The Kier molecular flexibility index (Phi) is 4.40. The predicted octanol–water partition coefficient (Wildman–Crippen LogP) is 2.60. The molecule has 110 valence electrons. The molecular weight excluding hydrogens is 360 g/mol. The van der Waals surface area contributed by atoms with Gasteiger partial charge >= 0.3 is 0 Å². The third kappa shape index (κ3) is 3.66. The SMILES string of the molecule is NS(=O)(=O)c1ccc([N+](=O)[O-])cc1Cc1ccccc1Br. The zero-order valence-electron chi connectivity index (χ0n) is 10.7. The molecule has 2 rings (SSSR count). The fourth-order valence-electron chi connectivity index (χ4n) is 1.94. The number of hydrogen-bond donors (Lipinski definition) is 1. The number of nitro groups is 1. The van der Waals surface area contributed by atoms with Gasteiger partial charge in [-0.3, -0.25) is 10.1 Å². The normalized spacial score (nSPS) is 11.3. The Morgan fingerprint density at radius 1 is 1.14 bits per heavy atom.